The summed E-state index contributed by atoms with van der Waals surface area (Å²) < 4.78 is 33.6. The number of nitrogens with two attached hydrogens (primary N) is 1. The van der Waals surface area contributed by atoms with Gasteiger partial charge >= 0.3 is 0 Å². The van der Waals surface area contributed by atoms with Gasteiger partial charge in [0.15, 0.2) is 29.0 Å². The normalized spacial score (nSPS) is 16.6. The zero-order valence-electron chi connectivity index (χ0n) is 46.3. The molecule has 84 heavy (non-hydrogen) atoms. The van der Waals surface area contributed by atoms with Crippen LogP contribution in [0.2, 0.25) is 5.04 Å². The number of anilines is 2. The van der Waals surface area contributed by atoms with Crippen molar-refractivity contribution in [3.8, 4) is 57.1 Å². The maximum atomic E-state index is 13.1. The number of carbonyl (C=O) groups is 1. The Labute approximate surface area is 493 Å². The lowest BCUT2D eigenvalue weighted by Crippen LogP contribution is -2.67. The molecule has 3 unspecified atom stereocenters. The number of halogens is 1. The van der Waals surface area contributed by atoms with Crippen molar-refractivity contribution in [3.05, 3.63) is 181 Å². The molecule has 5 aromatic heterocycles. The van der Waals surface area contributed by atoms with Gasteiger partial charge in [-0.15, -0.1) is 30.6 Å². The summed E-state index contributed by atoms with van der Waals surface area (Å²) in [6, 6.07) is 41.3. The fourth-order valence-electron chi connectivity index (χ4n) is 10.9. The van der Waals surface area contributed by atoms with E-state index in [2.05, 4.69) is 148 Å². The van der Waals surface area contributed by atoms with E-state index >= 15 is 0 Å². The third-order valence-corrected chi connectivity index (χ3v) is 21.0. The number of nitrogens with zero attached hydrogens (tertiary/aromatic N) is 12. The van der Waals surface area contributed by atoms with E-state index in [1.807, 2.05) is 63.9 Å². The summed E-state index contributed by atoms with van der Waals surface area (Å²) in [4.78, 5) is 21.8. The van der Waals surface area contributed by atoms with Crippen LogP contribution in [0.4, 0.5) is 11.4 Å². The van der Waals surface area contributed by atoms with E-state index in [1.54, 1.807) is 54.3 Å². The Morgan fingerprint density at radius 1 is 0.667 bits per heavy atom. The zero-order chi connectivity index (χ0) is 58.0. The summed E-state index contributed by atoms with van der Waals surface area (Å²) in [7, 11) is -2.66. The minimum absolute atomic E-state index is 0.0288. The number of nitrogen functional groups attached to an aromatic ring is 1. The third kappa shape index (κ3) is 10.9. The van der Waals surface area contributed by atoms with Gasteiger partial charge in [-0.25, -0.2) is 4.98 Å². The average molecular weight is 1210 g/mol. The molecular weight excluding hydrogens is 1150 g/mol. The lowest BCUT2D eigenvalue weighted by atomic mass is 10.1. The van der Waals surface area contributed by atoms with Crippen LogP contribution in [0.15, 0.2) is 170 Å². The van der Waals surface area contributed by atoms with Crippen LogP contribution in [0.5, 0.6) is 17.2 Å². The monoisotopic (exact) mass is 1210 g/mol. The van der Waals surface area contributed by atoms with Crippen molar-refractivity contribution in [1.82, 2.24) is 58.8 Å². The summed E-state index contributed by atoms with van der Waals surface area (Å²) in [6.45, 7) is 8.26. The second-order valence-electron chi connectivity index (χ2n) is 21.8. The molecule has 1 saturated carbocycles. The quantitative estimate of drug-likeness (QED) is 0.0702. The van der Waals surface area contributed by atoms with Crippen LogP contribution in [0, 0.1) is 0 Å². The summed E-state index contributed by atoms with van der Waals surface area (Å²) in [5.74, 6) is 4.12. The second kappa shape index (κ2) is 23.8. The molecule has 0 spiro atoms. The first kappa shape index (κ1) is 55.7. The number of ether oxygens (including phenoxy) is 3. The largest absolute Gasteiger partial charge is 0.489 e. The highest BCUT2D eigenvalue weighted by Gasteiger charge is 2.50. The van der Waals surface area contributed by atoms with Crippen molar-refractivity contribution in [3.63, 3.8) is 0 Å². The number of pyridine rings is 1. The number of aliphatic hydroxyl groups is 2. The van der Waals surface area contributed by atoms with Gasteiger partial charge in [-0.2, -0.15) is 0 Å². The van der Waals surface area contributed by atoms with Gasteiger partial charge in [-0.05, 0) is 92.7 Å². The summed E-state index contributed by atoms with van der Waals surface area (Å²) in [6.07, 6.45) is 12.7. The van der Waals surface area contributed by atoms with Gasteiger partial charge in [0.05, 0.1) is 88.2 Å². The van der Waals surface area contributed by atoms with E-state index in [-0.39, 0.29) is 54.6 Å². The Bertz CT molecular complexity index is 3900. The summed E-state index contributed by atoms with van der Waals surface area (Å²) in [5, 5.41) is 49.2. The van der Waals surface area contributed by atoms with E-state index in [9.17, 15) is 15.0 Å². The highest BCUT2D eigenvalue weighted by molar-refractivity contribution is 9.10. The van der Waals surface area contributed by atoms with Crippen molar-refractivity contribution < 1.29 is 33.6 Å². The number of aliphatic hydroxyl groups excluding tert-OH is 2. The summed E-state index contributed by atoms with van der Waals surface area (Å²) in [5.41, 5.74) is 11.5. The van der Waals surface area contributed by atoms with Crippen LogP contribution in [0.3, 0.4) is 0 Å². The Hall–Kier alpha value is -8.87. The maximum Gasteiger partial charge on any atom is 0.274 e. The number of hydrogen-bond acceptors (Lipinski definition) is 16. The average Bonchev–Trinajstić information content (AvgIpc) is 2.40. The number of para-hydroxylation sites is 3. The highest BCUT2D eigenvalue weighted by atomic mass is 79.9. The molecule has 3 atom stereocenters. The molecule has 14 rings (SSSR count). The van der Waals surface area contributed by atoms with Crippen molar-refractivity contribution in [1.29, 1.82) is 0 Å². The molecule has 5 aromatic carbocycles. The zero-order valence-corrected chi connectivity index (χ0v) is 48.9. The minimum Gasteiger partial charge on any atom is -0.489 e. The molecule has 1 fully saturated rings. The van der Waals surface area contributed by atoms with Crippen molar-refractivity contribution >= 4 is 51.9 Å². The standard InChI is InChI=1S/C27H28BrN3O2Si.C23H21N7O3.C11H12N4O2/c1-27(2,3)34(21-11-6-4-7-12-21,22-13-8-5-9-14-22)33-18-20-17-32-25-23(15-10-16-24(25)28)26-30-29-19-31(20)26;31-10-16-11-33-21-17(22-28-26-13-30(16)22)2-1-3-18(21)27-23(32)19-8-15(6-7-24-19)29-9-20(25-12-29)14-4-5-14;12-9-3-1-2-8-10(9)17-5-7(4-16)15-6-13-14-11(8)15/h4-16,19-20H,17-18H2,1-3H3;1-3,6-9,12-14,16,31H,4-5,10-11H2,(H,27,32);1-3,6-7,16H,4-5,12H2. The second-order valence-corrected chi connectivity index (χ2v) is 26.9. The van der Waals surface area contributed by atoms with Crippen LogP contribution in [0.1, 0.15) is 73.8 Å². The van der Waals surface area contributed by atoms with Crippen molar-refractivity contribution in [2.75, 3.05) is 50.7 Å². The van der Waals surface area contributed by atoms with Crippen molar-refractivity contribution in [2.24, 2.45) is 0 Å². The summed E-state index contributed by atoms with van der Waals surface area (Å²) >= 11 is 3.63. The first-order chi connectivity index (χ1) is 40.9. The van der Waals surface area contributed by atoms with Crippen LogP contribution in [-0.4, -0.2) is 123 Å². The molecule has 428 valence electrons. The molecule has 3 aliphatic heterocycles. The molecular formula is C61H61BrN14O7Si. The predicted molar refractivity (Wildman–Crippen MR) is 321 cm³/mol. The number of nitrogens with one attached hydrogen (secondary N) is 1. The Morgan fingerprint density at radius 3 is 1.80 bits per heavy atom. The van der Waals surface area contributed by atoms with Crippen LogP contribution >= 0.6 is 15.9 Å². The number of carbonyl (C=O) groups excluding carboxylic acids is 1. The van der Waals surface area contributed by atoms with Gasteiger partial charge in [0.25, 0.3) is 14.2 Å². The fourth-order valence-corrected chi connectivity index (χ4v) is 16.0. The maximum absolute atomic E-state index is 13.1. The van der Waals surface area contributed by atoms with Crippen LogP contribution < -0.4 is 35.6 Å². The lowest BCUT2D eigenvalue weighted by Gasteiger charge is -2.43. The first-order valence-electron chi connectivity index (χ1n) is 27.6. The highest BCUT2D eigenvalue weighted by Crippen LogP contribution is 2.43. The first-order valence-corrected chi connectivity index (χ1v) is 30.3. The molecule has 0 bridgehead atoms. The number of fused-ring (bicyclic) bond motifs is 9. The smallest absolute Gasteiger partial charge is 0.274 e. The molecule has 1 amide bonds. The van der Waals surface area contributed by atoms with Gasteiger partial charge in [-0.3, -0.25) is 9.78 Å². The molecule has 4 aliphatic rings. The van der Waals surface area contributed by atoms with Crippen LogP contribution in [0.25, 0.3) is 39.9 Å². The van der Waals surface area contributed by atoms with Gasteiger partial charge in [0.2, 0.25) is 0 Å². The van der Waals surface area contributed by atoms with Crippen molar-refractivity contribution in [2.45, 2.75) is 62.7 Å². The Balaban J connectivity index is 0.000000131. The number of rotatable bonds is 11. The molecule has 1 aliphatic carbocycles. The van der Waals surface area contributed by atoms with E-state index in [0.29, 0.717) is 65.8 Å². The molecule has 0 radical (unpaired) electrons. The van der Waals surface area contributed by atoms with E-state index in [4.69, 9.17) is 24.4 Å². The van der Waals surface area contributed by atoms with Gasteiger partial charge < -0.3 is 58.2 Å². The molecule has 5 N–H and O–H groups in total. The van der Waals surface area contributed by atoms with E-state index in [1.165, 1.54) is 23.2 Å². The number of hydrogen-bond donors (Lipinski definition) is 4. The minimum atomic E-state index is -2.66. The Kier molecular flexibility index (Phi) is 15.8. The molecule has 0 saturated heterocycles. The molecule has 21 nitrogen and oxygen atoms in total. The lowest BCUT2D eigenvalue weighted by molar-refractivity contribution is 0.102. The number of amides is 1. The fraction of sp³-hybridized carbons (Fsp3) is 0.262. The van der Waals surface area contributed by atoms with Gasteiger partial charge in [-0.1, -0.05) is 99.6 Å². The van der Waals surface area contributed by atoms with Gasteiger partial charge in [0.1, 0.15) is 50.2 Å². The number of imidazole rings is 1. The molecule has 8 heterocycles. The molecule has 23 heteroatoms. The Morgan fingerprint density at radius 2 is 1.20 bits per heavy atom. The predicted octanol–water partition coefficient (Wildman–Crippen LogP) is 8.25. The SMILES string of the molecule is CC(C)(C)[Si](OCC1COc2c(Br)cccc2-c2nncn21)(c1ccccc1)c1ccccc1.Nc1cccc2c1OCC(CO)n1cnnc1-2.O=C(Nc1cccc2c1OCC(CO)n1cnnc1-2)c1cc(-n2cnc(C3CC3)c2)ccn1. The van der Waals surface area contributed by atoms with E-state index < -0.39 is 8.32 Å². The molecule has 10 aromatic rings. The number of aromatic nitrogens is 12. The topological polar surface area (TPSA) is 255 Å². The van der Waals surface area contributed by atoms with Gasteiger partial charge in [0, 0.05) is 18.3 Å². The number of benzene rings is 5. The van der Waals surface area contributed by atoms with Crippen LogP contribution in [-0.2, 0) is 4.43 Å². The third-order valence-electron chi connectivity index (χ3n) is 15.4. The van der Waals surface area contributed by atoms with E-state index in [0.717, 1.165) is 38.6 Å².